The van der Waals surface area contributed by atoms with Gasteiger partial charge in [-0.25, -0.2) is 0 Å². The average Bonchev–Trinajstić information content (AvgIpc) is 3.25. The highest BCUT2D eigenvalue weighted by Crippen LogP contribution is 2.16. The van der Waals surface area contributed by atoms with Crippen molar-refractivity contribution >= 4 is 17.5 Å². The van der Waals surface area contributed by atoms with Gasteiger partial charge in [0.2, 0.25) is 0 Å². The molecule has 0 spiro atoms. The van der Waals surface area contributed by atoms with Gasteiger partial charge >= 0.3 is 0 Å². The summed E-state index contributed by atoms with van der Waals surface area (Å²) in [4.78, 5) is 6.97. The van der Waals surface area contributed by atoms with Crippen LogP contribution in [0.3, 0.4) is 0 Å². The van der Waals surface area contributed by atoms with Crippen LogP contribution in [-0.4, -0.2) is 69.9 Å². The summed E-state index contributed by atoms with van der Waals surface area (Å²) in [5, 5.41) is 27.1. The lowest BCUT2D eigenvalue weighted by molar-refractivity contribution is 0.666. The Kier molecular flexibility index (Phi) is 19.9. The second-order valence-corrected chi connectivity index (χ2v) is 14.5. The molecule has 1 aromatic carbocycles. The second kappa shape index (κ2) is 25.6. The lowest BCUT2D eigenvalue weighted by atomic mass is 10.1. The molecule has 0 aliphatic heterocycles. The van der Waals surface area contributed by atoms with Gasteiger partial charge in [0.25, 0.3) is 0 Å². The van der Waals surface area contributed by atoms with E-state index >= 15 is 0 Å². The van der Waals surface area contributed by atoms with Gasteiger partial charge in [-0.2, -0.15) is 0 Å². The van der Waals surface area contributed by atoms with E-state index in [0.717, 1.165) is 150 Å². The highest BCUT2D eigenvalue weighted by atomic mass is 15.3. The SMILES string of the molecule is CCCCN(CCCC)c1ccc(C#Cc2cc(C#Cc3ccc(N(CCCC)CCCC)nn3)cc(C#Cc3ccc(N(CCCC)CCCC)nn3)c2)nn1. The van der Waals surface area contributed by atoms with E-state index in [1.807, 2.05) is 54.6 Å². The zero-order valence-corrected chi connectivity index (χ0v) is 35.4. The third-order valence-electron chi connectivity index (χ3n) is 9.55. The van der Waals surface area contributed by atoms with E-state index in [2.05, 4.69) is 122 Å². The second-order valence-electron chi connectivity index (χ2n) is 14.5. The summed E-state index contributed by atoms with van der Waals surface area (Å²) >= 11 is 0. The summed E-state index contributed by atoms with van der Waals surface area (Å²) in [6.07, 6.45) is 13.6. The van der Waals surface area contributed by atoms with E-state index in [1.54, 1.807) is 0 Å². The van der Waals surface area contributed by atoms with Crippen LogP contribution in [-0.2, 0) is 0 Å². The molecule has 3 heterocycles. The van der Waals surface area contributed by atoms with Gasteiger partial charge in [0.1, 0.15) is 17.1 Å². The van der Waals surface area contributed by atoms with E-state index in [4.69, 9.17) is 0 Å². The molecule has 9 heteroatoms. The molecule has 0 fully saturated rings. The zero-order chi connectivity index (χ0) is 40.5. The fraction of sp³-hybridized carbons (Fsp3) is 0.500. The first-order valence-electron chi connectivity index (χ1n) is 21.5. The minimum absolute atomic E-state index is 0.610. The van der Waals surface area contributed by atoms with Gasteiger partial charge in [-0.1, -0.05) is 97.8 Å². The first-order chi connectivity index (χ1) is 28.0. The number of anilines is 3. The van der Waals surface area contributed by atoms with E-state index in [0.29, 0.717) is 17.1 Å². The number of rotatable bonds is 21. The van der Waals surface area contributed by atoms with Gasteiger partial charge in [0, 0.05) is 56.0 Å². The van der Waals surface area contributed by atoms with Gasteiger partial charge in [0.15, 0.2) is 17.5 Å². The van der Waals surface area contributed by atoms with E-state index in [-0.39, 0.29) is 0 Å². The molecule has 3 aromatic heterocycles. The Morgan fingerprint density at radius 2 is 0.579 bits per heavy atom. The van der Waals surface area contributed by atoms with Gasteiger partial charge in [-0.3, -0.25) is 0 Å². The molecule has 0 radical (unpaired) electrons. The number of nitrogens with zero attached hydrogens (tertiary/aromatic N) is 9. The van der Waals surface area contributed by atoms with E-state index < -0.39 is 0 Å². The van der Waals surface area contributed by atoms with Gasteiger partial charge in [-0.05, 0) is 111 Å². The minimum Gasteiger partial charge on any atom is -0.355 e. The quantitative estimate of drug-likeness (QED) is 0.0771. The number of unbranched alkanes of at least 4 members (excludes halogenated alkanes) is 6. The molecular formula is C48H63N9. The standard InChI is InChI=1S/C48H63N9/c1-7-13-31-55(32-14-8-2)46-28-25-43(49-52-46)22-19-40-37-41(20-23-44-26-29-47(53-50-44)56(33-15-9-3)34-16-10-4)39-42(38-40)21-24-45-27-30-48(54-51-45)57(35-17-11-5)36-18-12-6/h25-30,37-39H,7-18,31-36H2,1-6H3. The maximum Gasteiger partial charge on any atom is 0.151 e. The summed E-state index contributed by atoms with van der Waals surface area (Å²) < 4.78 is 0. The molecule has 0 aliphatic rings. The molecule has 0 aliphatic carbocycles. The minimum atomic E-state index is 0.610. The normalized spacial score (nSPS) is 10.4. The molecule has 0 saturated carbocycles. The predicted octanol–water partition coefficient (Wildman–Crippen LogP) is 9.48. The van der Waals surface area contributed by atoms with Crippen LogP contribution in [0.5, 0.6) is 0 Å². The molecule has 0 bridgehead atoms. The third-order valence-corrected chi connectivity index (χ3v) is 9.55. The Balaban J connectivity index is 1.63. The fourth-order valence-electron chi connectivity index (χ4n) is 6.05. The Morgan fingerprint density at radius 3 is 0.772 bits per heavy atom. The Bertz CT molecular complexity index is 1680. The van der Waals surface area contributed by atoms with Crippen molar-refractivity contribution in [3.8, 4) is 35.5 Å². The molecule has 4 aromatic rings. The van der Waals surface area contributed by atoms with Crippen molar-refractivity contribution in [1.29, 1.82) is 0 Å². The molecule has 0 atom stereocenters. The van der Waals surface area contributed by atoms with Gasteiger partial charge in [-0.15, -0.1) is 30.6 Å². The Labute approximate surface area is 343 Å². The highest BCUT2D eigenvalue weighted by molar-refractivity contribution is 5.55. The maximum atomic E-state index is 4.55. The third kappa shape index (κ3) is 15.5. The number of aromatic nitrogens is 6. The van der Waals surface area contributed by atoms with Crippen molar-refractivity contribution < 1.29 is 0 Å². The van der Waals surface area contributed by atoms with Crippen LogP contribution in [0, 0.1) is 35.5 Å². The average molecular weight is 766 g/mol. The first kappa shape index (κ1) is 44.3. The van der Waals surface area contributed by atoms with Crippen molar-refractivity contribution in [2.45, 2.75) is 119 Å². The van der Waals surface area contributed by atoms with Crippen LogP contribution >= 0.6 is 0 Å². The lowest BCUT2D eigenvalue weighted by Crippen LogP contribution is -2.26. The molecule has 0 N–H and O–H groups in total. The lowest BCUT2D eigenvalue weighted by Gasteiger charge is -2.22. The number of benzene rings is 1. The molecule has 0 amide bonds. The summed E-state index contributed by atoms with van der Waals surface area (Å²) in [6, 6.07) is 17.8. The molecular weight excluding hydrogens is 703 g/mol. The molecule has 0 saturated heterocycles. The summed E-state index contributed by atoms with van der Waals surface area (Å²) in [7, 11) is 0. The Hall–Kier alpha value is -5.46. The fourth-order valence-corrected chi connectivity index (χ4v) is 6.05. The summed E-state index contributed by atoms with van der Waals surface area (Å²) in [5.41, 5.74) is 4.15. The molecule has 57 heavy (non-hydrogen) atoms. The maximum absolute atomic E-state index is 4.55. The molecule has 4 rings (SSSR count). The van der Waals surface area contributed by atoms with Crippen molar-refractivity contribution in [2.24, 2.45) is 0 Å². The van der Waals surface area contributed by atoms with Crippen LogP contribution in [0.2, 0.25) is 0 Å². The highest BCUT2D eigenvalue weighted by Gasteiger charge is 2.10. The molecule has 9 nitrogen and oxygen atoms in total. The molecule has 0 unspecified atom stereocenters. The van der Waals surface area contributed by atoms with Crippen molar-refractivity contribution in [2.75, 3.05) is 54.0 Å². The van der Waals surface area contributed by atoms with Crippen molar-refractivity contribution in [3.63, 3.8) is 0 Å². The van der Waals surface area contributed by atoms with Gasteiger partial charge < -0.3 is 14.7 Å². The van der Waals surface area contributed by atoms with Crippen molar-refractivity contribution in [1.82, 2.24) is 30.6 Å². The topological polar surface area (TPSA) is 87.1 Å². The zero-order valence-electron chi connectivity index (χ0n) is 35.4. The van der Waals surface area contributed by atoms with E-state index in [1.165, 1.54) is 0 Å². The van der Waals surface area contributed by atoms with Crippen LogP contribution in [0.1, 0.15) is 152 Å². The summed E-state index contributed by atoms with van der Waals surface area (Å²) in [5.74, 6) is 22.2. The smallest absolute Gasteiger partial charge is 0.151 e. The van der Waals surface area contributed by atoms with Gasteiger partial charge in [0.05, 0.1) is 0 Å². The number of hydrogen-bond acceptors (Lipinski definition) is 9. The van der Waals surface area contributed by atoms with Crippen LogP contribution < -0.4 is 14.7 Å². The predicted molar refractivity (Wildman–Crippen MR) is 237 cm³/mol. The van der Waals surface area contributed by atoms with Crippen molar-refractivity contribution in [3.05, 3.63) is 88.4 Å². The van der Waals surface area contributed by atoms with E-state index in [9.17, 15) is 0 Å². The van der Waals surface area contributed by atoms with Crippen LogP contribution in [0.4, 0.5) is 17.5 Å². The first-order valence-corrected chi connectivity index (χ1v) is 21.5. The monoisotopic (exact) mass is 766 g/mol. The summed E-state index contributed by atoms with van der Waals surface area (Å²) in [6.45, 7) is 19.1. The van der Waals surface area contributed by atoms with Crippen LogP contribution in [0.15, 0.2) is 54.6 Å². The van der Waals surface area contributed by atoms with Crippen LogP contribution in [0.25, 0.3) is 0 Å². The largest absolute Gasteiger partial charge is 0.355 e. The molecule has 300 valence electrons. The Morgan fingerprint density at radius 1 is 0.333 bits per heavy atom. The number of hydrogen-bond donors (Lipinski definition) is 0.